The Morgan fingerprint density at radius 2 is 1.31 bits per heavy atom. The average molecular weight is 556 g/mol. The first-order valence-corrected chi connectivity index (χ1v) is 13.8. The van der Waals surface area contributed by atoms with Crippen LogP contribution >= 0.6 is 0 Å². The number of fused-ring (bicyclic) bond motifs is 2. The minimum Gasteiger partial charge on any atom is -0.493 e. The molecule has 0 saturated carbocycles. The van der Waals surface area contributed by atoms with Gasteiger partial charge in [-0.1, -0.05) is 12.1 Å². The predicted octanol–water partition coefficient (Wildman–Crippen LogP) is 5.99. The summed E-state index contributed by atoms with van der Waals surface area (Å²) in [5, 5.41) is 9.49. The van der Waals surface area contributed by atoms with Gasteiger partial charge in [-0.2, -0.15) is 5.26 Å². The molecule has 4 aromatic carbocycles. The highest BCUT2D eigenvalue weighted by molar-refractivity contribution is 5.87. The lowest BCUT2D eigenvalue weighted by molar-refractivity contribution is 0.355. The van der Waals surface area contributed by atoms with Crippen molar-refractivity contribution in [3.05, 3.63) is 84.4 Å². The Bertz CT molecular complexity index is 1960. The molecule has 3 heterocycles. The predicted molar refractivity (Wildman–Crippen MR) is 165 cm³/mol. The number of rotatable bonds is 6. The second-order valence-corrected chi connectivity index (χ2v) is 10.3. The Labute approximate surface area is 243 Å². The van der Waals surface area contributed by atoms with Crippen LogP contribution < -0.4 is 19.3 Å². The number of hydrogen-bond donors (Lipinski definition) is 2. The number of nitrogens with one attached hydrogen (secondary N) is 2. The fourth-order valence-corrected chi connectivity index (χ4v) is 5.66. The van der Waals surface area contributed by atoms with E-state index in [9.17, 15) is 5.26 Å². The molecular weight excluding hydrogens is 526 g/mol. The summed E-state index contributed by atoms with van der Waals surface area (Å²) in [5.41, 5.74) is 8.51. The minimum atomic E-state index is 0.656. The molecule has 0 bridgehead atoms. The van der Waals surface area contributed by atoms with Gasteiger partial charge in [0.2, 0.25) is 0 Å². The van der Waals surface area contributed by atoms with Gasteiger partial charge in [0, 0.05) is 43.0 Å². The van der Waals surface area contributed by atoms with E-state index in [4.69, 9.17) is 19.4 Å². The molecule has 1 saturated heterocycles. The fraction of sp³-hybridized carbons (Fsp3) is 0.182. The van der Waals surface area contributed by atoms with E-state index in [1.54, 1.807) is 14.2 Å². The van der Waals surface area contributed by atoms with Crippen molar-refractivity contribution in [2.45, 2.75) is 0 Å². The number of benzene rings is 4. The van der Waals surface area contributed by atoms with E-state index in [0.717, 1.165) is 88.0 Å². The number of para-hydroxylation sites is 1. The lowest BCUT2D eigenvalue weighted by Gasteiger charge is -2.37. The Balaban J connectivity index is 1.11. The first kappa shape index (κ1) is 25.5. The van der Waals surface area contributed by atoms with Crippen LogP contribution in [0.2, 0.25) is 0 Å². The van der Waals surface area contributed by atoms with Crippen LogP contribution in [0.25, 0.3) is 44.8 Å². The van der Waals surface area contributed by atoms with Crippen molar-refractivity contribution in [3.8, 4) is 40.3 Å². The number of anilines is 2. The molecule has 0 unspecified atom stereocenters. The van der Waals surface area contributed by atoms with Crippen molar-refractivity contribution in [1.29, 1.82) is 5.26 Å². The van der Waals surface area contributed by atoms with E-state index in [1.165, 1.54) is 0 Å². The van der Waals surface area contributed by atoms with E-state index in [2.05, 4.69) is 50.1 Å². The van der Waals surface area contributed by atoms with Crippen LogP contribution in [0.1, 0.15) is 5.56 Å². The number of H-pyrrole nitrogens is 2. The van der Waals surface area contributed by atoms with E-state index < -0.39 is 0 Å². The van der Waals surface area contributed by atoms with Gasteiger partial charge in [-0.25, -0.2) is 9.97 Å². The highest BCUT2D eigenvalue weighted by Crippen LogP contribution is 2.33. The number of piperazine rings is 1. The summed E-state index contributed by atoms with van der Waals surface area (Å²) in [5.74, 6) is 2.90. The number of imidazole rings is 2. The van der Waals surface area contributed by atoms with Crippen LogP contribution in [0.3, 0.4) is 0 Å². The molecule has 1 aliphatic rings. The normalized spacial score (nSPS) is 13.5. The summed E-state index contributed by atoms with van der Waals surface area (Å²) in [6.45, 7) is 3.48. The molecule has 0 aliphatic carbocycles. The van der Waals surface area contributed by atoms with Gasteiger partial charge in [-0.3, -0.25) is 0 Å². The second kappa shape index (κ2) is 10.5. The van der Waals surface area contributed by atoms with Crippen molar-refractivity contribution in [2.24, 2.45) is 0 Å². The third-order valence-corrected chi connectivity index (χ3v) is 7.89. The third kappa shape index (κ3) is 4.53. The van der Waals surface area contributed by atoms with Crippen molar-refractivity contribution in [1.82, 2.24) is 19.9 Å². The molecule has 2 aromatic heterocycles. The zero-order valence-corrected chi connectivity index (χ0v) is 23.4. The summed E-state index contributed by atoms with van der Waals surface area (Å²) < 4.78 is 10.8. The van der Waals surface area contributed by atoms with Crippen LogP contribution in [-0.4, -0.2) is 60.3 Å². The summed E-state index contributed by atoms with van der Waals surface area (Å²) in [4.78, 5) is 21.3. The molecule has 1 aliphatic heterocycles. The van der Waals surface area contributed by atoms with Crippen molar-refractivity contribution in [3.63, 3.8) is 0 Å². The van der Waals surface area contributed by atoms with Crippen molar-refractivity contribution in [2.75, 3.05) is 50.2 Å². The molecule has 208 valence electrons. The number of aromatic nitrogens is 4. The number of methoxy groups -OCH3 is 2. The topological polar surface area (TPSA) is 106 Å². The molecule has 9 heteroatoms. The first-order chi connectivity index (χ1) is 20.6. The number of ether oxygens (including phenoxy) is 2. The van der Waals surface area contributed by atoms with Crippen LogP contribution in [-0.2, 0) is 0 Å². The maximum atomic E-state index is 9.49. The summed E-state index contributed by atoms with van der Waals surface area (Å²) in [6.07, 6.45) is 0. The Kier molecular flexibility index (Phi) is 6.36. The second-order valence-electron chi connectivity index (χ2n) is 10.3. The molecule has 2 N–H and O–H groups in total. The lowest BCUT2D eigenvalue weighted by atomic mass is 10.1. The maximum absolute atomic E-state index is 9.49. The number of nitrogens with zero attached hydrogens (tertiary/aromatic N) is 5. The fourth-order valence-electron chi connectivity index (χ4n) is 5.66. The molecule has 6 aromatic rings. The molecule has 0 amide bonds. The molecule has 9 nitrogen and oxygen atoms in total. The molecule has 0 spiro atoms. The summed E-state index contributed by atoms with van der Waals surface area (Å²) in [6, 6.07) is 28.4. The van der Waals surface area contributed by atoms with E-state index >= 15 is 0 Å². The zero-order chi connectivity index (χ0) is 28.6. The van der Waals surface area contributed by atoms with Crippen molar-refractivity contribution < 1.29 is 9.47 Å². The van der Waals surface area contributed by atoms with Gasteiger partial charge in [-0.05, 0) is 66.7 Å². The molecule has 42 heavy (non-hydrogen) atoms. The number of aromatic amines is 2. The molecule has 1 fully saturated rings. The molecule has 0 atom stereocenters. The average Bonchev–Trinajstić information content (AvgIpc) is 3.68. The molecule has 7 rings (SSSR count). The zero-order valence-electron chi connectivity index (χ0n) is 23.4. The molecular formula is C33H29N7O2. The van der Waals surface area contributed by atoms with Crippen LogP contribution in [0, 0.1) is 11.3 Å². The van der Waals surface area contributed by atoms with E-state index in [-0.39, 0.29) is 0 Å². The standard InChI is InChI=1S/C33H29N7O2/c1-41-30-12-8-22(18-31(30)42-2)33-35-25-10-7-21(17-27(25)37-33)32-36-26-11-9-24(19-28(26)38-32)39-13-15-40(16-14-39)29-6-4-3-5-23(29)20-34/h3-12,17-19H,13-16H2,1-2H3,(H,35,37)(H,36,38). The van der Waals surface area contributed by atoms with Gasteiger partial charge >= 0.3 is 0 Å². The number of nitriles is 1. The van der Waals surface area contributed by atoms with E-state index in [1.807, 2.05) is 54.6 Å². The first-order valence-electron chi connectivity index (χ1n) is 13.8. The third-order valence-electron chi connectivity index (χ3n) is 7.89. The SMILES string of the molecule is COc1ccc(-c2nc3ccc(-c4nc5ccc(N6CCN(c7ccccc7C#N)CC6)cc5[nH]4)cc3[nH]2)cc1OC. The quantitative estimate of drug-likeness (QED) is 0.260. The summed E-state index contributed by atoms with van der Waals surface area (Å²) in [7, 11) is 3.25. The van der Waals surface area contributed by atoms with Crippen LogP contribution in [0.15, 0.2) is 78.9 Å². The number of hydrogen-bond acceptors (Lipinski definition) is 7. The lowest BCUT2D eigenvalue weighted by Crippen LogP contribution is -2.46. The smallest absolute Gasteiger partial charge is 0.161 e. The minimum absolute atomic E-state index is 0.656. The van der Waals surface area contributed by atoms with Crippen LogP contribution in [0.5, 0.6) is 11.5 Å². The highest BCUT2D eigenvalue weighted by atomic mass is 16.5. The van der Waals surface area contributed by atoms with Crippen LogP contribution in [0.4, 0.5) is 11.4 Å². The van der Waals surface area contributed by atoms with Gasteiger partial charge in [-0.15, -0.1) is 0 Å². The highest BCUT2D eigenvalue weighted by Gasteiger charge is 2.20. The molecule has 0 radical (unpaired) electrons. The van der Waals surface area contributed by atoms with Gasteiger partial charge in [0.05, 0.1) is 47.5 Å². The maximum Gasteiger partial charge on any atom is 0.161 e. The van der Waals surface area contributed by atoms with Crippen molar-refractivity contribution >= 4 is 33.4 Å². The Hall–Kier alpha value is -5.49. The Morgan fingerprint density at radius 3 is 2.02 bits per heavy atom. The van der Waals surface area contributed by atoms with Gasteiger partial charge in [0.1, 0.15) is 17.7 Å². The monoisotopic (exact) mass is 555 g/mol. The van der Waals surface area contributed by atoms with Gasteiger partial charge < -0.3 is 29.2 Å². The van der Waals surface area contributed by atoms with Gasteiger partial charge in [0.25, 0.3) is 0 Å². The summed E-state index contributed by atoms with van der Waals surface area (Å²) >= 11 is 0. The van der Waals surface area contributed by atoms with E-state index in [0.29, 0.717) is 11.5 Å². The van der Waals surface area contributed by atoms with Gasteiger partial charge in [0.15, 0.2) is 11.5 Å². The largest absolute Gasteiger partial charge is 0.493 e. The Morgan fingerprint density at radius 1 is 0.690 bits per heavy atom.